The van der Waals surface area contributed by atoms with Crippen molar-refractivity contribution >= 4 is 33.5 Å². The summed E-state index contributed by atoms with van der Waals surface area (Å²) >= 11 is 0. The second-order valence-electron chi connectivity index (χ2n) is 8.49. The van der Waals surface area contributed by atoms with Crippen LogP contribution in [-0.4, -0.2) is 11.9 Å². The lowest BCUT2D eigenvalue weighted by Gasteiger charge is -2.37. The fourth-order valence-corrected chi connectivity index (χ4v) is 4.59. The summed E-state index contributed by atoms with van der Waals surface area (Å²) in [5.41, 5.74) is 1.03. The maximum atomic E-state index is 12.1. The number of esters is 2. The highest BCUT2D eigenvalue weighted by Crippen LogP contribution is 2.58. The fourth-order valence-electron chi connectivity index (χ4n) is 4.59. The Balaban J connectivity index is 1.92. The number of carbonyl (C=O) groups is 2. The van der Waals surface area contributed by atoms with Gasteiger partial charge in [0.15, 0.2) is 11.5 Å². The summed E-state index contributed by atoms with van der Waals surface area (Å²) in [6.45, 7) is 6.77. The summed E-state index contributed by atoms with van der Waals surface area (Å²) in [6, 6.07) is 19.7. The molecular weight excluding hydrogens is 404 g/mol. The SMILES string of the molecule is CC(=O)Oc1c2c(c3ccccc3c1OC(C)=O)Oc1c(ccc3ccccc13)C2(C)C. The molecule has 0 fully saturated rings. The van der Waals surface area contributed by atoms with Gasteiger partial charge in [0.1, 0.15) is 11.5 Å². The molecule has 5 rings (SSSR count). The minimum atomic E-state index is -0.601. The van der Waals surface area contributed by atoms with E-state index in [2.05, 4.69) is 19.9 Å². The third kappa shape index (κ3) is 2.93. The van der Waals surface area contributed by atoms with E-state index in [1.165, 1.54) is 13.8 Å². The molecule has 5 nitrogen and oxygen atoms in total. The molecule has 0 radical (unpaired) electrons. The van der Waals surface area contributed by atoms with E-state index in [0.717, 1.165) is 27.5 Å². The molecule has 5 heteroatoms. The summed E-state index contributed by atoms with van der Waals surface area (Å²) in [6.07, 6.45) is 0. The molecule has 32 heavy (non-hydrogen) atoms. The first kappa shape index (κ1) is 20.1. The van der Waals surface area contributed by atoms with Crippen LogP contribution in [0.2, 0.25) is 0 Å². The van der Waals surface area contributed by atoms with E-state index >= 15 is 0 Å². The van der Waals surface area contributed by atoms with Crippen LogP contribution in [0.1, 0.15) is 38.8 Å². The van der Waals surface area contributed by atoms with Crippen LogP contribution in [0, 0.1) is 0 Å². The maximum absolute atomic E-state index is 12.1. The van der Waals surface area contributed by atoms with Crippen LogP contribution < -0.4 is 14.2 Å². The Labute approximate surface area is 185 Å². The minimum absolute atomic E-state index is 0.213. The first-order valence-corrected chi connectivity index (χ1v) is 10.4. The van der Waals surface area contributed by atoms with E-state index in [-0.39, 0.29) is 11.5 Å². The van der Waals surface area contributed by atoms with E-state index in [9.17, 15) is 9.59 Å². The van der Waals surface area contributed by atoms with E-state index < -0.39 is 17.4 Å². The van der Waals surface area contributed by atoms with Crippen molar-refractivity contribution in [2.75, 3.05) is 0 Å². The van der Waals surface area contributed by atoms with E-state index in [0.29, 0.717) is 16.7 Å². The molecule has 0 saturated carbocycles. The van der Waals surface area contributed by atoms with Gasteiger partial charge in [-0.2, -0.15) is 0 Å². The third-order valence-electron chi connectivity index (χ3n) is 5.95. The van der Waals surface area contributed by atoms with Gasteiger partial charge in [-0.3, -0.25) is 9.59 Å². The zero-order valence-electron chi connectivity index (χ0n) is 18.3. The second-order valence-corrected chi connectivity index (χ2v) is 8.49. The van der Waals surface area contributed by atoms with Gasteiger partial charge in [0.2, 0.25) is 0 Å². The highest BCUT2D eigenvalue weighted by atomic mass is 16.6. The normalized spacial score (nSPS) is 13.8. The molecule has 160 valence electrons. The average molecular weight is 426 g/mol. The average Bonchev–Trinajstić information content (AvgIpc) is 2.75. The lowest BCUT2D eigenvalue weighted by molar-refractivity contribution is -0.134. The van der Waals surface area contributed by atoms with Gasteiger partial charge >= 0.3 is 11.9 Å². The Bertz CT molecular complexity index is 1430. The predicted octanol–water partition coefficient (Wildman–Crippen LogP) is 6.28. The van der Waals surface area contributed by atoms with E-state index in [1.54, 1.807) is 0 Å². The fraction of sp³-hybridized carbons (Fsp3) is 0.185. The summed E-state index contributed by atoms with van der Waals surface area (Å²) in [4.78, 5) is 24.1. The quantitative estimate of drug-likeness (QED) is 0.279. The molecule has 1 aliphatic rings. The van der Waals surface area contributed by atoms with Crippen molar-refractivity contribution in [3.8, 4) is 23.0 Å². The minimum Gasteiger partial charge on any atom is -0.455 e. The Morgan fingerprint density at radius 2 is 1.31 bits per heavy atom. The number of benzene rings is 4. The summed E-state index contributed by atoms with van der Waals surface area (Å²) in [5, 5.41) is 3.50. The van der Waals surface area contributed by atoms with Gasteiger partial charge in [-0.15, -0.1) is 0 Å². The molecule has 0 bridgehead atoms. The van der Waals surface area contributed by atoms with Crippen molar-refractivity contribution < 1.29 is 23.8 Å². The molecule has 1 aliphatic heterocycles. The third-order valence-corrected chi connectivity index (χ3v) is 5.95. The number of fused-ring (bicyclic) bond motifs is 6. The Morgan fingerprint density at radius 1 is 0.719 bits per heavy atom. The van der Waals surface area contributed by atoms with Crippen molar-refractivity contribution in [3.63, 3.8) is 0 Å². The number of carbonyl (C=O) groups excluding carboxylic acids is 2. The molecule has 0 unspecified atom stereocenters. The van der Waals surface area contributed by atoms with Gasteiger partial charge in [-0.25, -0.2) is 0 Å². The monoisotopic (exact) mass is 426 g/mol. The van der Waals surface area contributed by atoms with Gasteiger partial charge in [-0.1, -0.05) is 74.5 Å². The maximum Gasteiger partial charge on any atom is 0.308 e. The van der Waals surface area contributed by atoms with Gasteiger partial charge in [-0.05, 0) is 5.39 Å². The number of rotatable bonds is 2. The van der Waals surface area contributed by atoms with Gasteiger partial charge in [0.05, 0.1) is 5.56 Å². The topological polar surface area (TPSA) is 61.8 Å². The summed E-state index contributed by atoms with van der Waals surface area (Å²) < 4.78 is 17.9. The molecule has 0 aliphatic carbocycles. The highest BCUT2D eigenvalue weighted by molar-refractivity contribution is 6.02. The van der Waals surface area contributed by atoms with Crippen molar-refractivity contribution in [3.05, 3.63) is 71.8 Å². The highest BCUT2D eigenvalue weighted by Gasteiger charge is 2.41. The van der Waals surface area contributed by atoms with Crippen LogP contribution >= 0.6 is 0 Å². The molecule has 0 aromatic heterocycles. The molecule has 0 spiro atoms. The molecule has 0 N–H and O–H groups in total. The van der Waals surface area contributed by atoms with Crippen molar-refractivity contribution in [1.29, 1.82) is 0 Å². The predicted molar refractivity (Wildman–Crippen MR) is 123 cm³/mol. The zero-order chi connectivity index (χ0) is 22.6. The van der Waals surface area contributed by atoms with Crippen LogP contribution in [0.5, 0.6) is 23.0 Å². The molecule has 4 aromatic carbocycles. The molecular formula is C27H22O5. The molecule has 0 atom stereocenters. The van der Waals surface area contributed by atoms with Crippen LogP contribution in [-0.2, 0) is 15.0 Å². The Morgan fingerprint density at radius 3 is 2.00 bits per heavy atom. The first-order valence-electron chi connectivity index (χ1n) is 10.4. The van der Waals surface area contributed by atoms with Crippen LogP contribution in [0.25, 0.3) is 21.5 Å². The summed E-state index contributed by atoms with van der Waals surface area (Å²) in [5.74, 6) is 0.815. The molecule has 0 amide bonds. The lowest BCUT2D eigenvalue weighted by Crippen LogP contribution is -2.26. The number of ether oxygens (including phenoxy) is 3. The van der Waals surface area contributed by atoms with E-state index in [1.807, 2.05) is 54.6 Å². The molecule has 4 aromatic rings. The number of hydrogen-bond acceptors (Lipinski definition) is 5. The molecule has 1 heterocycles. The van der Waals surface area contributed by atoms with Crippen molar-refractivity contribution in [2.24, 2.45) is 0 Å². The van der Waals surface area contributed by atoms with Gasteiger partial charge in [0.25, 0.3) is 0 Å². The summed E-state index contributed by atoms with van der Waals surface area (Å²) in [7, 11) is 0. The van der Waals surface area contributed by atoms with Gasteiger partial charge < -0.3 is 14.2 Å². The van der Waals surface area contributed by atoms with E-state index in [4.69, 9.17) is 14.2 Å². The Kier molecular flexibility index (Phi) is 4.45. The van der Waals surface area contributed by atoms with Crippen molar-refractivity contribution in [2.45, 2.75) is 33.1 Å². The zero-order valence-corrected chi connectivity index (χ0v) is 18.3. The Hall–Kier alpha value is -3.86. The van der Waals surface area contributed by atoms with Crippen LogP contribution in [0.4, 0.5) is 0 Å². The molecule has 0 saturated heterocycles. The van der Waals surface area contributed by atoms with Crippen LogP contribution in [0.3, 0.4) is 0 Å². The number of hydrogen-bond donors (Lipinski definition) is 0. The standard InChI is InChI=1S/C27H22O5/c1-15(28)30-25-20-12-8-7-11-19(20)24-22(26(25)31-16(2)29)27(3,4)21-14-13-17-9-5-6-10-18(17)23(21)32-24/h5-14H,1-4H3. The van der Waals surface area contributed by atoms with Crippen molar-refractivity contribution in [1.82, 2.24) is 0 Å². The smallest absolute Gasteiger partial charge is 0.308 e. The second kappa shape index (κ2) is 7.09. The first-order chi connectivity index (χ1) is 15.3. The van der Waals surface area contributed by atoms with Gasteiger partial charge in [0, 0.05) is 41.0 Å². The van der Waals surface area contributed by atoms with Crippen LogP contribution in [0.15, 0.2) is 60.7 Å². The largest absolute Gasteiger partial charge is 0.455 e. The lowest BCUT2D eigenvalue weighted by atomic mass is 9.73.